The predicted octanol–water partition coefficient (Wildman–Crippen LogP) is 3.82. The molecule has 0 aliphatic heterocycles. The topological polar surface area (TPSA) is 74.9 Å². The highest BCUT2D eigenvalue weighted by atomic mass is 35.5. The Morgan fingerprint density at radius 1 is 1.14 bits per heavy atom. The summed E-state index contributed by atoms with van der Waals surface area (Å²) in [4.78, 5) is 27.9. The monoisotopic (exact) mass is 458 g/mol. The number of ether oxygens (including phenoxy) is 1. The Balaban J connectivity index is 1.76. The largest absolute Gasteiger partial charge is 0.417 e. The Morgan fingerprint density at radius 3 is 2.55 bits per heavy atom. The minimum atomic E-state index is -4.73. The number of alkyl halides is 3. The second-order valence-electron chi connectivity index (χ2n) is 5.91. The summed E-state index contributed by atoms with van der Waals surface area (Å²) in [6.07, 6.45) is -4.31. The van der Waals surface area contributed by atoms with Crippen molar-refractivity contribution in [2.75, 3.05) is 11.6 Å². The molecule has 0 fully saturated rings. The number of rotatable bonds is 7. The van der Waals surface area contributed by atoms with Crippen LogP contribution in [0.25, 0.3) is 10.9 Å². The van der Waals surface area contributed by atoms with Crippen LogP contribution in [0.1, 0.15) is 11.1 Å². The Kier molecular flexibility index (Phi) is 6.88. The van der Waals surface area contributed by atoms with Gasteiger partial charge in [-0.2, -0.15) is 13.2 Å². The third-order valence-electron chi connectivity index (χ3n) is 3.87. The first-order chi connectivity index (χ1) is 13.8. The molecule has 3 aromatic rings. The van der Waals surface area contributed by atoms with E-state index in [-0.39, 0.29) is 25.3 Å². The summed E-state index contributed by atoms with van der Waals surface area (Å²) in [6, 6.07) is 10.2. The van der Waals surface area contributed by atoms with E-state index >= 15 is 0 Å². The molecule has 1 heterocycles. The molecular weight excluding hydrogens is 445 g/mol. The van der Waals surface area contributed by atoms with E-state index in [0.717, 1.165) is 17.3 Å². The van der Waals surface area contributed by atoms with Gasteiger partial charge in [-0.1, -0.05) is 41.9 Å². The van der Waals surface area contributed by atoms with Crippen LogP contribution in [0.3, 0.4) is 0 Å². The van der Waals surface area contributed by atoms with E-state index in [1.807, 2.05) is 35.3 Å². The highest BCUT2D eigenvalue weighted by Gasteiger charge is 2.35. The number of nitrogens with one attached hydrogen (secondary N) is 2. The lowest BCUT2D eigenvalue weighted by molar-refractivity contribution is -0.137. The number of hydrogen-bond donors (Lipinski definition) is 2. The molecule has 2 radical (unpaired) electrons. The summed E-state index contributed by atoms with van der Waals surface area (Å²) in [6.45, 7) is 0.439. The zero-order valence-electron chi connectivity index (χ0n) is 14.7. The lowest BCUT2D eigenvalue weighted by Crippen LogP contribution is -2.23. The standard InChI is InChI=1S/C18H14ClF3N2O3SSi/c19-13-12(18(20,21)22)6-11-14(23-17(26)24-16(11)25)15(13)28-9-29-8-27-7-10-4-2-1-3-5-10/h1-6H,7-9H2,(H2,23,24,25,26). The molecule has 0 amide bonds. The van der Waals surface area contributed by atoms with E-state index in [1.54, 1.807) is 0 Å². The SMILES string of the molecule is O=c1[nH]c(=O)c2cc(C(F)(F)F)c(Cl)c(SC[Si]COCc3ccccc3)c2[nH]1. The second-order valence-corrected chi connectivity index (χ2v) is 8.93. The molecule has 2 aromatic carbocycles. The van der Waals surface area contributed by atoms with Gasteiger partial charge in [0.15, 0.2) is 0 Å². The van der Waals surface area contributed by atoms with Crippen LogP contribution < -0.4 is 11.2 Å². The van der Waals surface area contributed by atoms with Crippen LogP contribution in [0.5, 0.6) is 0 Å². The van der Waals surface area contributed by atoms with Gasteiger partial charge in [0.2, 0.25) is 0 Å². The summed E-state index contributed by atoms with van der Waals surface area (Å²) in [5, 5.41) is -0.390. The van der Waals surface area contributed by atoms with Gasteiger partial charge in [0.05, 0.1) is 42.5 Å². The number of aromatic amines is 2. The van der Waals surface area contributed by atoms with E-state index in [4.69, 9.17) is 16.3 Å². The van der Waals surface area contributed by atoms with Crippen LogP contribution in [0.2, 0.25) is 5.02 Å². The maximum atomic E-state index is 13.3. The van der Waals surface area contributed by atoms with Crippen molar-refractivity contribution in [3.8, 4) is 0 Å². The normalized spacial score (nSPS) is 11.9. The molecule has 0 atom stereocenters. The van der Waals surface area contributed by atoms with Gasteiger partial charge in [0, 0.05) is 6.23 Å². The van der Waals surface area contributed by atoms with E-state index < -0.39 is 28.0 Å². The number of hydrogen-bond acceptors (Lipinski definition) is 4. The molecular formula is C18H14ClF3N2O3SSi. The zero-order chi connectivity index (χ0) is 21.0. The molecule has 0 saturated carbocycles. The molecule has 3 rings (SSSR count). The molecule has 0 bridgehead atoms. The van der Waals surface area contributed by atoms with E-state index in [2.05, 4.69) is 4.98 Å². The molecule has 0 unspecified atom stereocenters. The van der Waals surface area contributed by atoms with Crippen LogP contribution >= 0.6 is 23.4 Å². The Morgan fingerprint density at radius 2 is 1.86 bits per heavy atom. The first-order valence-electron chi connectivity index (χ1n) is 8.28. The lowest BCUT2D eigenvalue weighted by Gasteiger charge is -2.14. The van der Waals surface area contributed by atoms with Crippen LogP contribution in [-0.2, 0) is 17.5 Å². The molecule has 2 N–H and O–H groups in total. The van der Waals surface area contributed by atoms with Crippen LogP contribution in [0, 0.1) is 0 Å². The molecule has 1 aromatic heterocycles. The number of aromatic nitrogens is 2. The molecule has 29 heavy (non-hydrogen) atoms. The molecule has 0 spiro atoms. The van der Waals surface area contributed by atoms with Gasteiger partial charge in [-0.15, -0.1) is 11.8 Å². The highest BCUT2D eigenvalue weighted by Crippen LogP contribution is 2.42. The molecule has 0 saturated heterocycles. The highest BCUT2D eigenvalue weighted by molar-refractivity contribution is 8.00. The van der Waals surface area contributed by atoms with Gasteiger partial charge < -0.3 is 9.72 Å². The first-order valence-corrected chi connectivity index (χ1v) is 11.1. The lowest BCUT2D eigenvalue weighted by atomic mass is 10.1. The van der Waals surface area contributed by atoms with Gasteiger partial charge in [-0.3, -0.25) is 9.78 Å². The Labute approximate surface area is 174 Å². The quantitative estimate of drug-likeness (QED) is 0.321. The zero-order valence-corrected chi connectivity index (χ0v) is 17.3. The summed E-state index contributed by atoms with van der Waals surface area (Å²) in [5.41, 5.74) is -1.81. The van der Waals surface area contributed by atoms with Crippen molar-refractivity contribution in [1.82, 2.24) is 9.97 Å². The third-order valence-corrected chi connectivity index (χ3v) is 6.87. The molecule has 0 aliphatic carbocycles. The number of fused-ring (bicyclic) bond motifs is 1. The number of benzene rings is 2. The number of halogens is 4. The summed E-state index contributed by atoms with van der Waals surface area (Å²) in [5.74, 6) is 0. The van der Waals surface area contributed by atoms with Gasteiger partial charge in [-0.05, 0) is 17.0 Å². The van der Waals surface area contributed by atoms with E-state index in [9.17, 15) is 22.8 Å². The Hall–Kier alpha value is -2.01. The fourth-order valence-corrected chi connectivity index (χ4v) is 5.10. The molecule has 5 nitrogen and oxygen atoms in total. The van der Waals surface area contributed by atoms with Crippen molar-refractivity contribution < 1.29 is 17.9 Å². The maximum Gasteiger partial charge on any atom is 0.417 e. The summed E-state index contributed by atoms with van der Waals surface area (Å²) < 4.78 is 45.5. The number of H-pyrrole nitrogens is 2. The van der Waals surface area contributed by atoms with Crippen molar-refractivity contribution in [3.63, 3.8) is 0 Å². The van der Waals surface area contributed by atoms with Crippen LogP contribution in [-0.4, -0.2) is 31.1 Å². The predicted molar refractivity (Wildman–Crippen MR) is 108 cm³/mol. The fourth-order valence-electron chi connectivity index (χ4n) is 2.57. The van der Waals surface area contributed by atoms with Gasteiger partial charge >= 0.3 is 11.9 Å². The first kappa shape index (κ1) is 21.7. The Bertz CT molecular complexity index is 1120. The summed E-state index contributed by atoms with van der Waals surface area (Å²) in [7, 11) is 0.278. The smallest absolute Gasteiger partial charge is 0.381 e. The fraction of sp³-hybridized carbons (Fsp3) is 0.222. The van der Waals surface area contributed by atoms with Crippen molar-refractivity contribution in [3.05, 3.63) is 73.4 Å². The second kappa shape index (κ2) is 9.20. The van der Waals surface area contributed by atoms with Crippen molar-refractivity contribution >= 4 is 43.8 Å². The molecule has 152 valence electrons. The average molecular weight is 459 g/mol. The molecule has 0 aliphatic rings. The van der Waals surface area contributed by atoms with Crippen molar-refractivity contribution in [2.24, 2.45) is 0 Å². The van der Waals surface area contributed by atoms with E-state index in [0.29, 0.717) is 24.3 Å². The van der Waals surface area contributed by atoms with Gasteiger partial charge in [0.25, 0.3) is 5.56 Å². The third kappa shape index (κ3) is 5.33. The minimum absolute atomic E-state index is 0.00301. The van der Waals surface area contributed by atoms with Crippen LogP contribution in [0.4, 0.5) is 13.2 Å². The van der Waals surface area contributed by atoms with Crippen LogP contribution in [0.15, 0.2) is 50.9 Å². The van der Waals surface area contributed by atoms with Gasteiger partial charge in [-0.25, -0.2) is 4.79 Å². The average Bonchev–Trinajstić information content (AvgIpc) is 2.65. The van der Waals surface area contributed by atoms with Gasteiger partial charge in [0.1, 0.15) is 0 Å². The van der Waals surface area contributed by atoms with Crippen molar-refractivity contribution in [2.45, 2.75) is 17.7 Å². The number of thioether (sulfide) groups is 1. The minimum Gasteiger partial charge on any atom is -0.381 e. The maximum absolute atomic E-state index is 13.3. The van der Waals surface area contributed by atoms with E-state index in [1.165, 1.54) is 0 Å². The van der Waals surface area contributed by atoms with Crippen molar-refractivity contribution in [1.29, 1.82) is 0 Å². The molecule has 11 heteroatoms. The summed E-state index contributed by atoms with van der Waals surface area (Å²) >= 11 is 7.04.